The van der Waals surface area contributed by atoms with Crippen LogP contribution in [-0.4, -0.2) is 15.0 Å². The average molecular weight is 297 g/mol. The van der Waals surface area contributed by atoms with Gasteiger partial charge in [-0.25, -0.2) is 9.97 Å². The number of nitrogens with one attached hydrogen (secondary N) is 1. The van der Waals surface area contributed by atoms with E-state index in [1.807, 2.05) is 54.6 Å². The van der Waals surface area contributed by atoms with E-state index in [1.54, 1.807) is 18.7 Å². The number of rotatable bonds is 3. The van der Waals surface area contributed by atoms with Crippen molar-refractivity contribution in [3.63, 3.8) is 0 Å². The van der Waals surface area contributed by atoms with E-state index < -0.39 is 0 Å². The zero-order valence-electron chi connectivity index (χ0n) is 12.3. The van der Waals surface area contributed by atoms with Crippen LogP contribution in [0.1, 0.15) is 0 Å². The van der Waals surface area contributed by atoms with E-state index in [0.717, 1.165) is 33.5 Å². The average Bonchev–Trinajstić information content (AvgIpc) is 2.63. The van der Waals surface area contributed by atoms with Crippen molar-refractivity contribution in [3.05, 3.63) is 79.4 Å². The predicted octanol–water partition coefficient (Wildman–Crippen LogP) is 4.24. The number of nitrogens with zero attached hydrogens (tertiary/aromatic N) is 3. The summed E-state index contributed by atoms with van der Waals surface area (Å²) in [5, 5.41) is 4.41. The topological polar surface area (TPSA) is 50.7 Å². The maximum Gasteiger partial charge on any atom is 0.141 e. The molecule has 0 aliphatic heterocycles. The highest BCUT2D eigenvalue weighted by Crippen LogP contribution is 2.30. The summed E-state index contributed by atoms with van der Waals surface area (Å²) in [6, 6.07) is 20.9. The molecule has 1 N–H and O–H groups in total. The summed E-state index contributed by atoms with van der Waals surface area (Å²) in [6.07, 6.45) is 5.14. The molecule has 2 aromatic heterocycles. The van der Waals surface area contributed by atoms with Gasteiger partial charge in [-0.05, 0) is 48.0 Å². The van der Waals surface area contributed by atoms with Crippen molar-refractivity contribution >= 4 is 22.4 Å². The molecule has 4 nitrogen and oxygen atoms in total. The van der Waals surface area contributed by atoms with Crippen molar-refractivity contribution in [1.82, 2.24) is 15.0 Å². The number of anilines is 2. The van der Waals surface area contributed by atoms with E-state index in [4.69, 9.17) is 0 Å². The second-order valence-corrected chi connectivity index (χ2v) is 5.07. The Morgan fingerprint density at radius 1 is 0.913 bits per heavy atom. The Morgan fingerprint density at radius 3 is 2.70 bits per heavy atom. The molecule has 0 spiro atoms. The second kappa shape index (κ2) is 5.85. The Labute approximate surface area is 133 Å². The number of aromatic nitrogens is 3. The molecule has 0 aliphatic rings. The van der Waals surface area contributed by atoms with Crippen LogP contribution in [0.3, 0.4) is 0 Å². The molecule has 4 heteroatoms. The molecule has 0 saturated carbocycles. The Morgan fingerprint density at radius 2 is 1.78 bits per heavy atom. The van der Waals surface area contributed by atoms with Gasteiger partial charge in [0.25, 0.3) is 0 Å². The van der Waals surface area contributed by atoms with E-state index in [9.17, 15) is 0 Å². The monoisotopic (exact) mass is 297 g/mol. The SMILES string of the molecule is [c]1ccc(Nc2ncnc3ccccc23)c(-c2ccncc2)c1. The number of pyridine rings is 1. The maximum atomic E-state index is 4.39. The van der Waals surface area contributed by atoms with Gasteiger partial charge in [-0.3, -0.25) is 4.98 Å². The minimum atomic E-state index is 0.789. The Balaban J connectivity index is 1.80. The van der Waals surface area contributed by atoms with Crippen molar-refractivity contribution < 1.29 is 0 Å². The normalized spacial score (nSPS) is 10.6. The number of hydrogen-bond donors (Lipinski definition) is 1. The van der Waals surface area contributed by atoms with Gasteiger partial charge < -0.3 is 5.32 Å². The quantitative estimate of drug-likeness (QED) is 0.614. The molecule has 23 heavy (non-hydrogen) atoms. The first kappa shape index (κ1) is 13.4. The summed E-state index contributed by atoms with van der Waals surface area (Å²) < 4.78 is 0. The third kappa shape index (κ3) is 2.62. The van der Waals surface area contributed by atoms with Gasteiger partial charge in [0.2, 0.25) is 0 Å². The van der Waals surface area contributed by atoms with Crippen molar-refractivity contribution in [1.29, 1.82) is 0 Å². The minimum Gasteiger partial charge on any atom is -0.339 e. The van der Waals surface area contributed by atoms with Crippen molar-refractivity contribution in [2.45, 2.75) is 0 Å². The molecule has 1 radical (unpaired) electrons. The van der Waals surface area contributed by atoms with Gasteiger partial charge >= 0.3 is 0 Å². The summed E-state index contributed by atoms with van der Waals surface area (Å²) in [6.45, 7) is 0. The second-order valence-electron chi connectivity index (χ2n) is 5.07. The fourth-order valence-corrected chi connectivity index (χ4v) is 2.54. The fraction of sp³-hybridized carbons (Fsp3) is 0. The first-order valence-corrected chi connectivity index (χ1v) is 7.29. The van der Waals surface area contributed by atoms with Crippen LogP contribution in [0, 0.1) is 6.07 Å². The van der Waals surface area contributed by atoms with Crippen LogP contribution < -0.4 is 5.32 Å². The van der Waals surface area contributed by atoms with Crippen LogP contribution >= 0.6 is 0 Å². The first-order chi connectivity index (χ1) is 11.4. The summed E-state index contributed by atoms with van der Waals surface area (Å²) in [5.41, 5.74) is 4.02. The molecule has 4 aromatic rings. The van der Waals surface area contributed by atoms with Crippen LogP contribution in [0.15, 0.2) is 73.3 Å². The van der Waals surface area contributed by atoms with Gasteiger partial charge in [0, 0.05) is 29.0 Å². The Kier molecular flexibility index (Phi) is 3.41. The van der Waals surface area contributed by atoms with Gasteiger partial charge in [-0.15, -0.1) is 0 Å². The van der Waals surface area contributed by atoms with Crippen molar-refractivity contribution in [2.24, 2.45) is 0 Å². The highest BCUT2D eigenvalue weighted by atomic mass is 15.0. The summed E-state index contributed by atoms with van der Waals surface area (Å²) >= 11 is 0. The molecule has 0 bridgehead atoms. The minimum absolute atomic E-state index is 0.789. The van der Waals surface area contributed by atoms with Crippen LogP contribution in [0.5, 0.6) is 0 Å². The lowest BCUT2D eigenvalue weighted by atomic mass is 10.0. The first-order valence-electron chi connectivity index (χ1n) is 7.29. The van der Waals surface area contributed by atoms with Gasteiger partial charge in [0.1, 0.15) is 12.1 Å². The lowest BCUT2D eigenvalue weighted by Gasteiger charge is -2.12. The molecule has 0 unspecified atom stereocenters. The molecule has 0 amide bonds. The fourth-order valence-electron chi connectivity index (χ4n) is 2.54. The van der Waals surface area contributed by atoms with E-state index in [-0.39, 0.29) is 0 Å². The number of benzene rings is 2. The van der Waals surface area contributed by atoms with E-state index in [1.165, 1.54) is 0 Å². The van der Waals surface area contributed by atoms with Crippen molar-refractivity contribution in [3.8, 4) is 11.1 Å². The van der Waals surface area contributed by atoms with E-state index >= 15 is 0 Å². The van der Waals surface area contributed by atoms with Gasteiger partial charge in [0.05, 0.1) is 5.52 Å². The number of fused-ring (bicyclic) bond motifs is 1. The molecule has 109 valence electrons. The lowest BCUT2D eigenvalue weighted by Crippen LogP contribution is -1.97. The highest BCUT2D eigenvalue weighted by Gasteiger charge is 2.08. The third-order valence-electron chi connectivity index (χ3n) is 3.65. The summed E-state index contributed by atoms with van der Waals surface area (Å²) in [5.74, 6) is 0.789. The number of hydrogen-bond acceptors (Lipinski definition) is 4. The molecule has 2 aromatic carbocycles. The summed E-state index contributed by atoms with van der Waals surface area (Å²) in [7, 11) is 0. The smallest absolute Gasteiger partial charge is 0.141 e. The van der Waals surface area contributed by atoms with Crippen LogP contribution in [0.4, 0.5) is 11.5 Å². The number of para-hydroxylation sites is 1. The maximum absolute atomic E-state index is 4.39. The predicted molar refractivity (Wildman–Crippen MR) is 91.3 cm³/mol. The van der Waals surface area contributed by atoms with Crippen LogP contribution in [0.25, 0.3) is 22.0 Å². The third-order valence-corrected chi connectivity index (χ3v) is 3.65. The largest absolute Gasteiger partial charge is 0.339 e. The Bertz CT molecular complexity index is 946. The molecule has 0 aliphatic carbocycles. The lowest BCUT2D eigenvalue weighted by molar-refractivity contribution is 1.22. The molecule has 0 saturated heterocycles. The molecule has 4 rings (SSSR count). The van der Waals surface area contributed by atoms with Crippen LogP contribution in [0.2, 0.25) is 0 Å². The Hall–Kier alpha value is -3.27. The van der Waals surface area contributed by atoms with Crippen LogP contribution in [-0.2, 0) is 0 Å². The molecule has 0 atom stereocenters. The van der Waals surface area contributed by atoms with Gasteiger partial charge in [-0.2, -0.15) is 0 Å². The molecule has 0 fully saturated rings. The van der Waals surface area contributed by atoms with Crippen molar-refractivity contribution in [2.75, 3.05) is 5.32 Å². The highest BCUT2D eigenvalue weighted by molar-refractivity contribution is 5.92. The van der Waals surface area contributed by atoms with E-state index in [0.29, 0.717) is 0 Å². The van der Waals surface area contributed by atoms with Gasteiger partial charge in [0.15, 0.2) is 0 Å². The zero-order valence-corrected chi connectivity index (χ0v) is 12.3. The molecular weight excluding hydrogens is 284 g/mol. The summed E-state index contributed by atoms with van der Waals surface area (Å²) in [4.78, 5) is 12.8. The molecular formula is C19H13N4. The van der Waals surface area contributed by atoms with Gasteiger partial charge in [-0.1, -0.05) is 18.2 Å². The van der Waals surface area contributed by atoms with E-state index in [2.05, 4.69) is 26.3 Å². The molecule has 2 heterocycles. The zero-order chi connectivity index (χ0) is 15.5. The standard InChI is InChI=1S/C19H13N4/c1-4-8-18(15(5-1)14-9-11-20-12-10-14)23-19-16-6-2-3-7-17(16)21-13-22-19/h2-13H,(H,21,22,23).